The lowest BCUT2D eigenvalue weighted by Gasteiger charge is -1.83. The molecule has 2 heterocycles. The van der Waals surface area contributed by atoms with Crippen molar-refractivity contribution in [2.75, 3.05) is 0 Å². The molecule has 1 aromatic heterocycles. The summed E-state index contributed by atoms with van der Waals surface area (Å²) in [5.74, 6) is -0.583. The van der Waals surface area contributed by atoms with Gasteiger partial charge in [-0.3, -0.25) is 4.98 Å². The first-order chi connectivity index (χ1) is 5.75. The van der Waals surface area contributed by atoms with Gasteiger partial charge in [-0.1, -0.05) is 0 Å². The van der Waals surface area contributed by atoms with Gasteiger partial charge in [-0.15, -0.1) is 0 Å². The minimum atomic E-state index is -0.583. The minimum absolute atomic E-state index is 0.311. The van der Waals surface area contributed by atoms with E-state index in [0.717, 1.165) is 0 Å². The number of oxazole rings is 1. The number of nitrogens with zero attached hydrogens (tertiary/aromatic N) is 2. The molecule has 0 saturated carbocycles. The number of nitrogens with one attached hydrogen (secondary N) is 1. The summed E-state index contributed by atoms with van der Waals surface area (Å²) in [6, 6.07) is -0.577. The Balaban J connectivity index is 2.45. The Morgan fingerprint density at radius 1 is 1.42 bits per heavy atom. The molecule has 0 atom stereocenters. The number of urea groups is 1. The van der Waals surface area contributed by atoms with Crippen LogP contribution in [0.25, 0.3) is 0 Å². The maximum absolute atomic E-state index is 10.5. The average Bonchev–Trinajstić information content (AvgIpc) is 2.58. The summed E-state index contributed by atoms with van der Waals surface area (Å²) in [5.41, 5.74) is 0.667. The third kappa shape index (κ3) is 0.986. The summed E-state index contributed by atoms with van der Waals surface area (Å²) in [5, 5.41) is 0. The molecule has 1 N–H and O–H groups in total. The van der Waals surface area contributed by atoms with E-state index >= 15 is 0 Å². The maximum atomic E-state index is 10.5. The molecule has 2 amide bonds. The molecule has 0 fully saturated rings. The van der Waals surface area contributed by atoms with Gasteiger partial charge in [0.15, 0.2) is 0 Å². The molecule has 6 heteroatoms. The van der Waals surface area contributed by atoms with Gasteiger partial charge < -0.3 is 4.42 Å². The Hall–Kier alpha value is -1.98. The van der Waals surface area contributed by atoms with Crippen LogP contribution in [0.3, 0.4) is 0 Å². The predicted octanol–water partition coefficient (Wildman–Crippen LogP) is -0.0386. The molecule has 0 aliphatic carbocycles. The zero-order chi connectivity index (χ0) is 8.55. The lowest BCUT2D eigenvalue weighted by molar-refractivity contribution is 0.257. The summed E-state index contributed by atoms with van der Waals surface area (Å²) in [4.78, 5) is 30.3. The van der Waals surface area contributed by atoms with E-state index in [2.05, 4.69) is 19.4 Å². The van der Waals surface area contributed by atoms with Crippen LogP contribution in [0.2, 0.25) is 0 Å². The molecule has 0 unspecified atom stereocenters. The molecule has 1 aliphatic rings. The minimum Gasteiger partial charge on any atom is -0.416 e. The fourth-order valence-corrected chi connectivity index (χ4v) is 0.813. The Bertz CT molecular complexity index is 437. The van der Waals surface area contributed by atoms with Crippen molar-refractivity contribution in [3.63, 3.8) is 0 Å². The fourth-order valence-electron chi connectivity index (χ4n) is 0.813. The van der Waals surface area contributed by atoms with Crippen molar-refractivity contribution in [1.29, 1.82) is 0 Å². The Morgan fingerprint density at radius 2 is 2.25 bits per heavy atom. The molecule has 0 aromatic carbocycles. The summed E-state index contributed by atoms with van der Waals surface area (Å²) in [6.45, 7) is 0. The van der Waals surface area contributed by atoms with Gasteiger partial charge in [0.2, 0.25) is 0 Å². The van der Waals surface area contributed by atoms with Gasteiger partial charge in [-0.25, -0.2) is 9.59 Å². The molecule has 2 rings (SSSR count). The maximum Gasteiger partial charge on any atom is 0.416 e. The van der Waals surface area contributed by atoms with Crippen molar-refractivity contribution in [3.8, 4) is 0 Å². The van der Waals surface area contributed by atoms with Crippen LogP contribution >= 0.6 is 0 Å². The second kappa shape index (κ2) is 2.26. The monoisotopic (exact) mass is 165 g/mol. The van der Waals surface area contributed by atoms with Crippen LogP contribution in [-0.2, 0) is 0 Å². The molecule has 60 valence electrons. The number of hydrogen-bond donors (Lipinski definition) is 1. The van der Waals surface area contributed by atoms with E-state index < -0.39 is 11.8 Å². The highest BCUT2D eigenvalue weighted by atomic mass is 16.4. The highest BCUT2D eigenvalue weighted by Crippen LogP contribution is 2.00. The first kappa shape index (κ1) is 6.71. The molecule has 0 spiro atoms. The predicted molar refractivity (Wildman–Crippen MR) is 39.8 cm³/mol. The van der Waals surface area contributed by atoms with Crippen LogP contribution < -0.4 is 5.76 Å². The van der Waals surface area contributed by atoms with Gasteiger partial charge in [0.05, 0.1) is 6.21 Å². The van der Waals surface area contributed by atoms with Crippen molar-refractivity contribution in [2.45, 2.75) is 0 Å². The number of aliphatic imine (C=N–C) groups is 2. The highest BCUT2D eigenvalue weighted by Gasteiger charge is 2.12. The number of carbonyl (C=O) groups is 1. The third-order valence-electron chi connectivity index (χ3n) is 1.31. The second-order valence-corrected chi connectivity index (χ2v) is 2.10. The van der Waals surface area contributed by atoms with Crippen molar-refractivity contribution >= 4 is 18.0 Å². The number of amides is 2. The van der Waals surface area contributed by atoms with Crippen molar-refractivity contribution in [2.24, 2.45) is 9.98 Å². The quantitative estimate of drug-likeness (QED) is 0.633. The van der Waals surface area contributed by atoms with E-state index in [-0.39, 0.29) is 0 Å². The highest BCUT2D eigenvalue weighted by molar-refractivity contribution is 6.43. The SMILES string of the molecule is O=C1N=CC(c2coc(=O)[nH]2)=N1. The summed E-state index contributed by atoms with van der Waals surface area (Å²) in [7, 11) is 0. The number of rotatable bonds is 1. The number of H-pyrrole nitrogens is 1. The molecule has 12 heavy (non-hydrogen) atoms. The van der Waals surface area contributed by atoms with Gasteiger partial charge in [-0.2, -0.15) is 9.98 Å². The van der Waals surface area contributed by atoms with E-state index in [1.54, 1.807) is 0 Å². The van der Waals surface area contributed by atoms with Gasteiger partial charge in [-0.05, 0) is 0 Å². The van der Waals surface area contributed by atoms with Gasteiger partial charge in [0.25, 0.3) is 0 Å². The molecule has 0 saturated heterocycles. The smallest absolute Gasteiger partial charge is 0.416 e. The van der Waals surface area contributed by atoms with Crippen LogP contribution in [0.1, 0.15) is 5.69 Å². The number of carbonyl (C=O) groups excluding carboxylic acids is 1. The van der Waals surface area contributed by atoms with Gasteiger partial charge >= 0.3 is 11.8 Å². The van der Waals surface area contributed by atoms with Crippen LogP contribution in [-0.4, -0.2) is 22.9 Å². The normalized spacial score (nSPS) is 15.3. The van der Waals surface area contributed by atoms with Crippen molar-refractivity contribution in [3.05, 3.63) is 22.5 Å². The number of hydrogen-bond acceptors (Lipinski definition) is 3. The molecular formula is C6H3N3O3. The Morgan fingerprint density at radius 3 is 2.75 bits per heavy atom. The molecule has 6 nitrogen and oxygen atoms in total. The van der Waals surface area contributed by atoms with E-state index in [9.17, 15) is 9.59 Å². The van der Waals surface area contributed by atoms with Crippen molar-refractivity contribution in [1.82, 2.24) is 4.98 Å². The summed E-state index contributed by atoms with van der Waals surface area (Å²) in [6.07, 6.45) is 2.45. The molecule has 1 aromatic rings. The average molecular weight is 165 g/mol. The van der Waals surface area contributed by atoms with E-state index in [1.165, 1.54) is 12.5 Å². The largest absolute Gasteiger partial charge is 0.416 e. The standard InChI is InChI=1S/C6H3N3O3/c10-5-7-1-3(8-5)4-2-12-6(11)9-4/h1-2H,(H,9,11). The molecular weight excluding hydrogens is 162 g/mol. The third-order valence-corrected chi connectivity index (χ3v) is 1.31. The van der Waals surface area contributed by atoms with Crippen LogP contribution in [0.15, 0.2) is 25.5 Å². The van der Waals surface area contributed by atoms with Crippen LogP contribution in [0, 0.1) is 0 Å². The Labute approximate surface area is 65.6 Å². The first-order valence-corrected chi connectivity index (χ1v) is 3.10. The molecule has 0 bridgehead atoms. The van der Waals surface area contributed by atoms with Crippen molar-refractivity contribution < 1.29 is 9.21 Å². The zero-order valence-electron chi connectivity index (χ0n) is 5.77. The van der Waals surface area contributed by atoms with Crippen LogP contribution in [0.5, 0.6) is 0 Å². The summed E-state index contributed by atoms with van der Waals surface area (Å²) < 4.78 is 4.45. The zero-order valence-corrected chi connectivity index (χ0v) is 5.77. The lowest BCUT2D eigenvalue weighted by Crippen LogP contribution is -2.04. The topological polar surface area (TPSA) is 87.8 Å². The molecule has 0 radical (unpaired) electrons. The Kier molecular flexibility index (Phi) is 1.26. The lowest BCUT2D eigenvalue weighted by atomic mass is 10.3. The van der Waals surface area contributed by atoms with E-state index in [4.69, 9.17) is 0 Å². The first-order valence-electron chi connectivity index (χ1n) is 3.10. The van der Waals surface area contributed by atoms with Gasteiger partial charge in [0.1, 0.15) is 17.7 Å². The summed E-state index contributed by atoms with van der Waals surface area (Å²) >= 11 is 0. The van der Waals surface area contributed by atoms with E-state index in [1.807, 2.05) is 0 Å². The fraction of sp³-hybridized carbons (Fsp3) is 0. The van der Waals surface area contributed by atoms with Gasteiger partial charge in [0, 0.05) is 0 Å². The number of aromatic amines is 1. The van der Waals surface area contributed by atoms with Crippen LogP contribution in [0.4, 0.5) is 4.79 Å². The second-order valence-electron chi connectivity index (χ2n) is 2.10. The van der Waals surface area contributed by atoms with E-state index in [0.29, 0.717) is 11.4 Å². The molecule has 1 aliphatic heterocycles. The number of aromatic nitrogens is 1.